The Hall–Kier alpha value is -0.0800. The number of nitrogens with two attached hydrogens (primary N) is 1. The molecule has 106 valence electrons. The Bertz CT molecular complexity index is 241. The van der Waals surface area contributed by atoms with Gasteiger partial charge in [-0.2, -0.15) is 0 Å². The van der Waals surface area contributed by atoms with Crippen LogP contribution in [0.4, 0.5) is 0 Å². The smallest absolute Gasteiger partial charge is 0.0138 e. The summed E-state index contributed by atoms with van der Waals surface area (Å²) in [6.45, 7) is 6.85. The van der Waals surface area contributed by atoms with E-state index in [9.17, 15) is 0 Å². The van der Waals surface area contributed by atoms with Crippen LogP contribution < -0.4 is 5.73 Å². The highest BCUT2D eigenvalue weighted by molar-refractivity contribution is 4.91. The lowest BCUT2D eigenvalue weighted by atomic mass is 9.82. The normalized spacial score (nSPS) is 37.3. The van der Waals surface area contributed by atoms with Crippen molar-refractivity contribution in [3.05, 3.63) is 0 Å². The fraction of sp³-hybridized carbons (Fsp3) is 1.00. The highest BCUT2D eigenvalue weighted by atomic mass is 15.2. The van der Waals surface area contributed by atoms with Gasteiger partial charge in [0, 0.05) is 12.1 Å². The van der Waals surface area contributed by atoms with E-state index in [1.807, 2.05) is 0 Å². The van der Waals surface area contributed by atoms with E-state index in [4.69, 9.17) is 5.73 Å². The molecule has 2 fully saturated rings. The average molecular weight is 252 g/mol. The van der Waals surface area contributed by atoms with Gasteiger partial charge in [0.25, 0.3) is 0 Å². The minimum atomic E-state index is 0.761. The first-order chi connectivity index (χ1) is 8.81. The Morgan fingerprint density at radius 2 is 1.50 bits per heavy atom. The maximum Gasteiger partial charge on any atom is 0.0138 e. The molecule has 2 aliphatic carbocycles. The summed E-state index contributed by atoms with van der Waals surface area (Å²) in [6, 6.07) is 1.64. The van der Waals surface area contributed by atoms with E-state index in [0.717, 1.165) is 30.5 Å². The number of rotatable bonds is 5. The first kappa shape index (κ1) is 14.3. The van der Waals surface area contributed by atoms with Gasteiger partial charge in [0.05, 0.1) is 0 Å². The fourth-order valence-electron chi connectivity index (χ4n) is 4.54. The SMILES string of the molecule is CCC1CCCC1N(CC)C1CCCCC1CN. The van der Waals surface area contributed by atoms with Crippen molar-refractivity contribution in [2.45, 2.75) is 77.3 Å². The van der Waals surface area contributed by atoms with Crippen molar-refractivity contribution in [3.8, 4) is 0 Å². The molecule has 2 N–H and O–H groups in total. The molecule has 2 rings (SSSR count). The summed E-state index contributed by atoms with van der Waals surface area (Å²) in [7, 11) is 0. The van der Waals surface area contributed by atoms with Gasteiger partial charge in [-0.1, -0.05) is 39.5 Å². The van der Waals surface area contributed by atoms with Crippen molar-refractivity contribution in [2.24, 2.45) is 17.6 Å². The van der Waals surface area contributed by atoms with Crippen LogP contribution in [0.2, 0.25) is 0 Å². The Morgan fingerprint density at radius 3 is 2.17 bits per heavy atom. The van der Waals surface area contributed by atoms with E-state index in [2.05, 4.69) is 18.7 Å². The first-order valence-corrected chi connectivity index (χ1v) is 8.27. The highest BCUT2D eigenvalue weighted by Crippen LogP contribution is 2.37. The molecular weight excluding hydrogens is 220 g/mol. The van der Waals surface area contributed by atoms with Crippen molar-refractivity contribution in [3.63, 3.8) is 0 Å². The van der Waals surface area contributed by atoms with E-state index in [-0.39, 0.29) is 0 Å². The topological polar surface area (TPSA) is 29.3 Å². The van der Waals surface area contributed by atoms with Gasteiger partial charge in [0.15, 0.2) is 0 Å². The molecule has 4 atom stereocenters. The highest BCUT2D eigenvalue weighted by Gasteiger charge is 2.37. The zero-order valence-corrected chi connectivity index (χ0v) is 12.4. The molecule has 0 saturated heterocycles. The molecule has 18 heavy (non-hydrogen) atoms. The summed E-state index contributed by atoms with van der Waals surface area (Å²) in [6.07, 6.45) is 11.3. The van der Waals surface area contributed by atoms with E-state index in [0.29, 0.717) is 0 Å². The maximum atomic E-state index is 6.03. The molecule has 0 spiro atoms. The van der Waals surface area contributed by atoms with E-state index < -0.39 is 0 Å². The number of nitrogens with zero attached hydrogens (tertiary/aromatic N) is 1. The molecule has 0 aromatic carbocycles. The Morgan fingerprint density at radius 1 is 0.889 bits per heavy atom. The molecule has 0 aromatic heterocycles. The standard InChI is InChI=1S/C16H32N2/c1-3-13-9-7-11-15(13)18(4-2)16-10-6-5-8-14(16)12-17/h13-16H,3-12,17H2,1-2H3. The van der Waals surface area contributed by atoms with Crippen LogP contribution in [0.5, 0.6) is 0 Å². The van der Waals surface area contributed by atoms with Crippen molar-refractivity contribution < 1.29 is 0 Å². The molecule has 0 aromatic rings. The average Bonchev–Trinajstić information content (AvgIpc) is 2.88. The molecular formula is C16H32N2. The van der Waals surface area contributed by atoms with Crippen LogP contribution >= 0.6 is 0 Å². The zero-order valence-electron chi connectivity index (χ0n) is 12.4. The van der Waals surface area contributed by atoms with Crippen LogP contribution in [0, 0.1) is 11.8 Å². The van der Waals surface area contributed by atoms with E-state index in [1.54, 1.807) is 0 Å². The first-order valence-electron chi connectivity index (χ1n) is 8.27. The third kappa shape index (κ3) is 2.91. The van der Waals surface area contributed by atoms with Crippen LogP contribution in [-0.2, 0) is 0 Å². The largest absolute Gasteiger partial charge is 0.330 e. The Balaban J connectivity index is 2.06. The summed E-state index contributed by atoms with van der Waals surface area (Å²) in [5.41, 5.74) is 6.03. The van der Waals surface area contributed by atoms with Crippen molar-refractivity contribution in [1.29, 1.82) is 0 Å². The molecule has 4 unspecified atom stereocenters. The third-order valence-electron chi connectivity index (χ3n) is 5.53. The molecule has 2 saturated carbocycles. The van der Waals surface area contributed by atoms with Gasteiger partial charge in [-0.15, -0.1) is 0 Å². The molecule has 0 radical (unpaired) electrons. The van der Waals surface area contributed by atoms with Crippen LogP contribution in [0.1, 0.15) is 65.2 Å². The van der Waals surface area contributed by atoms with Gasteiger partial charge >= 0.3 is 0 Å². The summed E-state index contributed by atoms with van der Waals surface area (Å²) >= 11 is 0. The summed E-state index contributed by atoms with van der Waals surface area (Å²) in [5.74, 6) is 1.71. The second kappa shape index (κ2) is 6.91. The predicted molar refractivity (Wildman–Crippen MR) is 78.6 cm³/mol. The predicted octanol–water partition coefficient (Wildman–Crippen LogP) is 3.40. The minimum absolute atomic E-state index is 0.761. The van der Waals surface area contributed by atoms with Gasteiger partial charge in [0.2, 0.25) is 0 Å². The molecule has 2 nitrogen and oxygen atoms in total. The summed E-state index contributed by atoms with van der Waals surface area (Å²) in [5, 5.41) is 0. The second-order valence-corrected chi connectivity index (χ2v) is 6.34. The maximum absolute atomic E-state index is 6.03. The molecule has 0 amide bonds. The minimum Gasteiger partial charge on any atom is -0.330 e. The van der Waals surface area contributed by atoms with Gasteiger partial charge in [-0.05, 0) is 50.6 Å². The van der Waals surface area contributed by atoms with Crippen LogP contribution in [0.15, 0.2) is 0 Å². The lowest BCUT2D eigenvalue weighted by Gasteiger charge is -2.44. The van der Waals surface area contributed by atoms with Crippen molar-refractivity contribution >= 4 is 0 Å². The lowest BCUT2D eigenvalue weighted by Crippen LogP contribution is -2.50. The second-order valence-electron chi connectivity index (χ2n) is 6.34. The van der Waals surface area contributed by atoms with Crippen molar-refractivity contribution in [2.75, 3.05) is 13.1 Å². The molecule has 0 heterocycles. The summed E-state index contributed by atoms with van der Waals surface area (Å²) in [4.78, 5) is 2.85. The number of hydrogen-bond acceptors (Lipinski definition) is 2. The molecule has 0 bridgehead atoms. The van der Waals surface area contributed by atoms with Crippen LogP contribution in [0.25, 0.3) is 0 Å². The zero-order chi connectivity index (χ0) is 13.0. The van der Waals surface area contributed by atoms with Gasteiger partial charge in [-0.25, -0.2) is 0 Å². The van der Waals surface area contributed by atoms with Crippen LogP contribution in [-0.4, -0.2) is 30.1 Å². The Labute approximate surface area is 113 Å². The number of hydrogen-bond donors (Lipinski definition) is 1. The molecule has 2 aliphatic rings. The quantitative estimate of drug-likeness (QED) is 0.812. The molecule has 2 heteroatoms. The Kier molecular flexibility index (Phi) is 5.50. The third-order valence-corrected chi connectivity index (χ3v) is 5.53. The van der Waals surface area contributed by atoms with E-state index in [1.165, 1.54) is 57.9 Å². The summed E-state index contributed by atoms with van der Waals surface area (Å²) < 4.78 is 0. The van der Waals surface area contributed by atoms with Crippen LogP contribution in [0.3, 0.4) is 0 Å². The van der Waals surface area contributed by atoms with E-state index >= 15 is 0 Å². The van der Waals surface area contributed by atoms with Gasteiger partial charge in [-0.3, -0.25) is 4.90 Å². The fourth-order valence-corrected chi connectivity index (χ4v) is 4.54. The van der Waals surface area contributed by atoms with Gasteiger partial charge in [0.1, 0.15) is 0 Å². The van der Waals surface area contributed by atoms with Crippen molar-refractivity contribution in [1.82, 2.24) is 4.90 Å². The lowest BCUT2D eigenvalue weighted by molar-refractivity contribution is 0.0526. The molecule has 0 aliphatic heterocycles. The van der Waals surface area contributed by atoms with Gasteiger partial charge < -0.3 is 5.73 Å². The monoisotopic (exact) mass is 252 g/mol.